The van der Waals surface area contributed by atoms with E-state index in [4.69, 9.17) is 5.11 Å². The minimum Gasteiger partial charge on any atom is -0.480 e. The number of hydrogen-bond acceptors (Lipinski definition) is 2. The number of urea groups is 1. The zero-order valence-electron chi connectivity index (χ0n) is 7.41. The number of carboxylic acids is 1. The van der Waals surface area contributed by atoms with Gasteiger partial charge in [-0.3, -0.25) is 0 Å². The molecule has 5 nitrogen and oxygen atoms in total. The number of aliphatic carboxylic acids is 1. The van der Waals surface area contributed by atoms with Gasteiger partial charge < -0.3 is 15.3 Å². The topological polar surface area (TPSA) is 69.6 Å². The SMILES string of the molecule is C=C(C)CN1CC(C(=O)O)NC1=O. The van der Waals surface area contributed by atoms with Gasteiger partial charge in [-0.25, -0.2) is 9.59 Å². The molecule has 1 unspecified atom stereocenters. The first-order valence-corrected chi connectivity index (χ1v) is 3.93. The molecule has 1 rings (SSSR count). The number of rotatable bonds is 3. The van der Waals surface area contributed by atoms with E-state index in [0.717, 1.165) is 5.57 Å². The van der Waals surface area contributed by atoms with Crippen LogP contribution in [0.15, 0.2) is 12.2 Å². The molecule has 2 N–H and O–H groups in total. The summed E-state index contributed by atoms with van der Waals surface area (Å²) in [6, 6.07) is -1.12. The predicted molar refractivity (Wildman–Crippen MR) is 46.3 cm³/mol. The molecule has 13 heavy (non-hydrogen) atoms. The van der Waals surface area contributed by atoms with Crippen LogP contribution in [0.1, 0.15) is 6.92 Å². The molecule has 0 saturated carbocycles. The lowest BCUT2D eigenvalue weighted by Gasteiger charge is -2.13. The van der Waals surface area contributed by atoms with Gasteiger partial charge in [0.2, 0.25) is 0 Å². The summed E-state index contributed by atoms with van der Waals surface area (Å²) in [5.74, 6) is -1.00. The molecule has 0 aromatic rings. The lowest BCUT2D eigenvalue weighted by molar-refractivity contribution is -0.138. The Morgan fingerprint density at radius 2 is 2.46 bits per heavy atom. The van der Waals surface area contributed by atoms with Crippen LogP contribution in [-0.4, -0.2) is 41.1 Å². The minimum atomic E-state index is -1.00. The first kappa shape index (κ1) is 9.57. The zero-order valence-corrected chi connectivity index (χ0v) is 7.41. The van der Waals surface area contributed by atoms with Crippen molar-refractivity contribution in [2.24, 2.45) is 0 Å². The van der Waals surface area contributed by atoms with Crippen LogP contribution in [0.3, 0.4) is 0 Å². The molecule has 0 aliphatic carbocycles. The van der Waals surface area contributed by atoms with Crippen LogP contribution in [0.2, 0.25) is 0 Å². The van der Waals surface area contributed by atoms with Crippen molar-refractivity contribution in [1.29, 1.82) is 0 Å². The summed E-state index contributed by atoms with van der Waals surface area (Å²) in [4.78, 5) is 23.1. The van der Waals surface area contributed by atoms with E-state index in [1.165, 1.54) is 4.90 Å². The Morgan fingerprint density at radius 1 is 1.85 bits per heavy atom. The lowest BCUT2D eigenvalue weighted by atomic mass is 10.3. The van der Waals surface area contributed by atoms with E-state index >= 15 is 0 Å². The quantitative estimate of drug-likeness (QED) is 0.608. The van der Waals surface area contributed by atoms with Crippen LogP contribution in [-0.2, 0) is 4.79 Å². The van der Waals surface area contributed by atoms with Crippen LogP contribution in [0.5, 0.6) is 0 Å². The van der Waals surface area contributed by atoms with E-state index in [2.05, 4.69) is 11.9 Å². The second-order valence-electron chi connectivity index (χ2n) is 3.18. The zero-order chi connectivity index (χ0) is 10.0. The average Bonchev–Trinajstić information content (AvgIpc) is 2.31. The molecule has 1 aliphatic rings. The highest BCUT2D eigenvalue weighted by Gasteiger charge is 2.32. The van der Waals surface area contributed by atoms with Crippen molar-refractivity contribution in [3.05, 3.63) is 12.2 Å². The fourth-order valence-corrected chi connectivity index (χ4v) is 1.19. The molecule has 1 fully saturated rings. The van der Waals surface area contributed by atoms with Gasteiger partial charge >= 0.3 is 12.0 Å². The second-order valence-corrected chi connectivity index (χ2v) is 3.18. The van der Waals surface area contributed by atoms with Crippen molar-refractivity contribution in [3.63, 3.8) is 0 Å². The number of carbonyl (C=O) groups is 2. The van der Waals surface area contributed by atoms with Crippen LogP contribution >= 0.6 is 0 Å². The molecule has 0 radical (unpaired) electrons. The number of hydrogen-bond donors (Lipinski definition) is 2. The third-order valence-electron chi connectivity index (χ3n) is 1.75. The van der Waals surface area contributed by atoms with E-state index in [1.54, 1.807) is 6.92 Å². The number of carboxylic acid groups (broad SMARTS) is 1. The van der Waals surface area contributed by atoms with Gasteiger partial charge in [-0.1, -0.05) is 12.2 Å². The summed E-state index contributed by atoms with van der Waals surface area (Å²) in [6.45, 7) is 6.07. The van der Waals surface area contributed by atoms with Gasteiger partial charge in [0.15, 0.2) is 0 Å². The number of amides is 2. The first-order chi connectivity index (χ1) is 6.00. The molecule has 0 aromatic carbocycles. The molecule has 72 valence electrons. The Bertz CT molecular complexity index is 262. The normalized spacial score (nSPS) is 21.5. The Morgan fingerprint density at radius 3 is 2.85 bits per heavy atom. The fraction of sp³-hybridized carbons (Fsp3) is 0.500. The first-order valence-electron chi connectivity index (χ1n) is 3.93. The molecule has 0 aromatic heterocycles. The summed E-state index contributed by atoms with van der Waals surface area (Å²) < 4.78 is 0. The molecule has 0 bridgehead atoms. The maximum atomic E-state index is 11.1. The van der Waals surface area contributed by atoms with Gasteiger partial charge in [-0.15, -0.1) is 0 Å². The Labute approximate surface area is 76.0 Å². The van der Waals surface area contributed by atoms with E-state index < -0.39 is 12.0 Å². The van der Waals surface area contributed by atoms with E-state index in [9.17, 15) is 9.59 Å². The third kappa shape index (κ3) is 2.21. The van der Waals surface area contributed by atoms with E-state index in [0.29, 0.717) is 6.54 Å². The highest BCUT2D eigenvalue weighted by Crippen LogP contribution is 2.06. The number of carbonyl (C=O) groups excluding carboxylic acids is 1. The van der Waals surface area contributed by atoms with Gasteiger partial charge in [0.05, 0.1) is 6.54 Å². The fourth-order valence-electron chi connectivity index (χ4n) is 1.19. The molecule has 5 heteroatoms. The van der Waals surface area contributed by atoms with Crippen molar-refractivity contribution in [1.82, 2.24) is 10.2 Å². The molecule has 2 amide bonds. The van der Waals surface area contributed by atoms with E-state index in [1.807, 2.05) is 0 Å². The molecule has 0 spiro atoms. The van der Waals surface area contributed by atoms with Crippen LogP contribution in [0.4, 0.5) is 4.79 Å². The van der Waals surface area contributed by atoms with Crippen molar-refractivity contribution < 1.29 is 14.7 Å². The van der Waals surface area contributed by atoms with Crippen LogP contribution in [0, 0.1) is 0 Å². The maximum Gasteiger partial charge on any atom is 0.328 e. The summed E-state index contributed by atoms with van der Waals surface area (Å²) in [6.07, 6.45) is 0. The van der Waals surface area contributed by atoms with Gasteiger partial charge in [0.25, 0.3) is 0 Å². The van der Waals surface area contributed by atoms with Crippen molar-refractivity contribution in [3.8, 4) is 0 Å². The van der Waals surface area contributed by atoms with E-state index in [-0.39, 0.29) is 12.6 Å². The Kier molecular flexibility index (Phi) is 2.55. The minimum absolute atomic E-state index is 0.209. The van der Waals surface area contributed by atoms with Crippen molar-refractivity contribution in [2.45, 2.75) is 13.0 Å². The Hall–Kier alpha value is -1.52. The molecule has 1 atom stereocenters. The molecular formula is C8H12N2O3. The predicted octanol–water partition coefficient (Wildman–Crippen LogP) is 0.0409. The third-order valence-corrected chi connectivity index (χ3v) is 1.75. The smallest absolute Gasteiger partial charge is 0.328 e. The summed E-state index contributed by atoms with van der Waals surface area (Å²) in [5, 5.41) is 11.0. The highest BCUT2D eigenvalue weighted by atomic mass is 16.4. The summed E-state index contributed by atoms with van der Waals surface area (Å²) >= 11 is 0. The average molecular weight is 184 g/mol. The Balaban J connectivity index is 2.56. The van der Waals surface area contributed by atoms with Crippen LogP contribution in [0.25, 0.3) is 0 Å². The number of nitrogens with zero attached hydrogens (tertiary/aromatic N) is 1. The second kappa shape index (κ2) is 3.47. The van der Waals surface area contributed by atoms with Gasteiger partial charge in [0.1, 0.15) is 6.04 Å². The lowest BCUT2D eigenvalue weighted by Crippen LogP contribution is -2.33. The van der Waals surface area contributed by atoms with Crippen LogP contribution < -0.4 is 5.32 Å². The largest absolute Gasteiger partial charge is 0.480 e. The maximum absolute atomic E-state index is 11.1. The number of nitrogens with one attached hydrogen (secondary N) is 1. The molecular weight excluding hydrogens is 172 g/mol. The van der Waals surface area contributed by atoms with Crippen molar-refractivity contribution >= 4 is 12.0 Å². The summed E-state index contributed by atoms with van der Waals surface area (Å²) in [7, 11) is 0. The highest BCUT2D eigenvalue weighted by molar-refractivity contribution is 5.86. The summed E-state index contributed by atoms with van der Waals surface area (Å²) in [5.41, 5.74) is 0.834. The molecule has 1 aliphatic heterocycles. The van der Waals surface area contributed by atoms with Gasteiger partial charge in [0, 0.05) is 6.54 Å². The monoisotopic (exact) mass is 184 g/mol. The standard InChI is InChI=1S/C8H12N2O3/c1-5(2)3-10-4-6(7(11)12)9-8(10)13/h6H,1,3-4H2,2H3,(H,9,13)(H,11,12). The van der Waals surface area contributed by atoms with Crippen molar-refractivity contribution in [2.75, 3.05) is 13.1 Å². The van der Waals surface area contributed by atoms with Gasteiger partial charge in [-0.2, -0.15) is 0 Å². The molecule has 1 saturated heterocycles. The van der Waals surface area contributed by atoms with Gasteiger partial charge in [-0.05, 0) is 6.92 Å². The molecule has 1 heterocycles.